The molecule has 1 aliphatic carbocycles. The van der Waals surface area contributed by atoms with Gasteiger partial charge in [-0.2, -0.15) is 18.3 Å². The third kappa shape index (κ3) is 3.69. The molecule has 5 nitrogen and oxygen atoms in total. The minimum atomic E-state index is -4.45. The Morgan fingerprint density at radius 2 is 1.92 bits per heavy atom. The normalized spacial score (nSPS) is 20.7. The van der Waals surface area contributed by atoms with Crippen LogP contribution < -0.4 is 11.1 Å². The van der Waals surface area contributed by atoms with Gasteiger partial charge in [-0.1, -0.05) is 24.3 Å². The van der Waals surface area contributed by atoms with Gasteiger partial charge in [0, 0.05) is 29.1 Å². The Balaban J connectivity index is 1.42. The summed E-state index contributed by atoms with van der Waals surface area (Å²) in [5, 5.41) is 15.8. The molecule has 2 aromatic heterocycles. The molecular weight excluding hydrogens is 483 g/mol. The van der Waals surface area contributed by atoms with Crippen LogP contribution in [0.25, 0.3) is 10.6 Å². The fraction of sp³-hybridized carbons (Fsp3) is 0.259. The number of hydrogen-bond acceptors (Lipinski definition) is 4. The first-order valence-electron chi connectivity index (χ1n) is 11.7. The Kier molecular flexibility index (Phi) is 5.22. The van der Waals surface area contributed by atoms with Crippen molar-refractivity contribution in [2.45, 2.75) is 31.0 Å². The fourth-order valence-corrected chi connectivity index (χ4v) is 6.82. The lowest BCUT2D eigenvalue weighted by Gasteiger charge is -2.44. The van der Waals surface area contributed by atoms with Gasteiger partial charge in [0.1, 0.15) is 17.2 Å². The van der Waals surface area contributed by atoms with Gasteiger partial charge in [-0.15, -0.1) is 11.3 Å². The van der Waals surface area contributed by atoms with Crippen LogP contribution in [0.15, 0.2) is 60.7 Å². The van der Waals surface area contributed by atoms with Crippen LogP contribution in [0.5, 0.6) is 0 Å². The Morgan fingerprint density at radius 3 is 2.67 bits per heavy atom. The summed E-state index contributed by atoms with van der Waals surface area (Å²) in [6.45, 7) is 0. The van der Waals surface area contributed by atoms with Gasteiger partial charge in [-0.3, -0.25) is 10.1 Å². The number of hydrogen-bond donors (Lipinski definition) is 3. The van der Waals surface area contributed by atoms with Crippen LogP contribution >= 0.6 is 11.3 Å². The van der Waals surface area contributed by atoms with Crippen molar-refractivity contribution in [3.05, 3.63) is 93.5 Å². The molecule has 3 heterocycles. The van der Waals surface area contributed by atoms with Crippen LogP contribution in [0, 0.1) is 11.3 Å². The zero-order valence-electron chi connectivity index (χ0n) is 19.4. The molecular formula is C27H24F3N5S. The van der Waals surface area contributed by atoms with E-state index in [4.69, 9.17) is 11.1 Å². The van der Waals surface area contributed by atoms with E-state index in [-0.39, 0.29) is 23.7 Å². The van der Waals surface area contributed by atoms with Crippen molar-refractivity contribution in [1.82, 2.24) is 9.78 Å². The molecule has 1 aliphatic heterocycles. The second-order valence-electron chi connectivity index (χ2n) is 9.45. The molecule has 6 rings (SSSR count). The van der Waals surface area contributed by atoms with Crippen LogP contribution in [0.1, 0.15) is 51.2 Å². The molecule has 0 saturated carbocycles. The summed E-state index contributed by atoms with van der Waals surface area (Å²) in [5.41, 5.74) is 10.8. The van der Waals surface area contributed by atoms with Crippen LogP contribution in [-0.2, 0) is 19.6 Å². The van der Waals surface area contributed by atoms with E-state index in [0.29, 0.717) is 16.1 Å². The number of alkyl halides is 3. The number of amidine groups is 1. The van der Waals surface area contributed by atoms with Gasteiger partial charge < -0.3 is 11.1 Å². The predicted octanol–water partition coefficient (Wildman–Crippen LogP) is 6.31. The van der Waals surface area contributed by atoms with Crippen molar-refractivity contribution < 1.29 is 13.2 Å². The van der Waals surface area contributed by atoms with Crippen LogP contribution in [0.4, 0.5) is 18.9 Å². The zero-order chi connectivity index (χ0) is 25.2. The molecule has 36 heavy (non-hydrogen) atoms. The van der Waals surface area contributed by atoms with Crippen molar-refractivity contribution >= 4 is 22.9 Å². The first-order valence-corrected chi connectivity index (χ1v) is 12.6. The Hall–Kier alpha value is -3.59. The summed E-state index contributed by atoms with van der Waals surface area (Å²) >= 11 is 1.49. The average molecular weight is 508 g/mol. The first-order chi connectivity index (χ1) is 17.2. The average Bonchev–Trinajstić information content (AvgIpc) is 3.49. The highest BCUT2D eigenvalue weighted by molar-refractivity contribution is 7.15. The first kappa shape index (κ1) is 22.8. The summed E-state index contributed by atoms with van der Waals surface area (Å²) in [5.74, 6) is 0.417. The Morgan fingerprint density at radius 1 is 1.11 bits per heavy atom. The highest BCUT2D eigenvalue weighted by Crippen LogP contribution is 2.54. The van der Waals surface area contributed by atoms with Crippen molar-refractivity contribution in [1.29, 1.82) is 5.41 Å². The highest BCUT2D eigenvalue weighted by Gasteiger charge is 2.42. The number of thiophene rings is 1. The third-order valence-corrected chi connectivity index (χ3v) is 8.55. The van der Waals surface area contributed by atoms with E-state index >= 15 is 0 Å². The van der Waals surface area contributed by atoms with E-state index in [0.717, 1.165) is 39.7 Å². The fourth-order valence-electron chi connectivity index (χ4n) is 5.73. The van der Waals surface area contributed by atoms with Crippen LogP contribution in [0.3, 0.4) is 0 Å². The smallest absolute Gasteiger partial charge is 0.384 e. The lowest BCUT2D eigenvalue weighted by Crippen LogP contribution is -2.35. The summed E-state index contributed by atoms with van der Waals surface area (Å²) in [4.78, 5) is 1.78. The molecule has 4 N–H and O–H groups in total. The van der Waals surface area contributed by atoms with Gasteiger partial charge in [0.05, 0.1) is 10.9 Å². The minimum absolute atomic E-state index is 0.00332. The molecule has 3 unspecified atom stereocenters. The number of nitrogen functional groups attached to an aromatic ring is 1. The molecule has 0 amide bonds. The monoisotopic (exact) mass is 507 g/mol. The van der Waals surface area contributed by atoms with Crippen molar-refractivity contribution in [3.63, 3.8) is 0 Å². The number of aromatic nitrogens is 2. The van der Waals surface area contributed by atoms with E-state index in [1.807, 2.05) is 30.3 Å². The van der Waals surface area contributed by atoms with Gasteiger partial charge in [0.25, 0.3) is 0 Å². The maximum Gasteiger partial charge on any atom is 0.433 e. The largest absolute Gasteiger partial charge is 0.433 e. The summed E-state index contributed by atoms with van der Waals surface area (Å²) < 4.78 is 40.8. The van der Waals surface area contributed by atoms with E-state index in [2.05, 4.69) is 34.7 Å². The number of nitrogens with zero attached hydrogens (tertiary/aromatic N) is 2. The number of nitrogens with one attached hydrogen (secondary N) is 2. The molecule has 184 valence electrons. The quantitative estimate of drug-likeness (QED) is 0.225. The van der Waals surface area contributed by atoms with Crippen molar-refractivity contribution in [2.24, 2.45) is 18.7 Å². The molecule has 0 bridgehead atoms. The van der Waals surface area contributed by atoms with Gasteiger partial charge in [-0.05, 0) is 71.8 Å². The summed E-state index contributed by atoms with van der Waals surface area (Å²) in [6.07, 6.45) is -2.51. The van der Waals surface area contributed by atoms with E-state index < -0.39 is 11.9 Å². The molecule has 0 fully saturated rings. The molecule has 3 atom stereocenters. The van der Waals surface area contributed by atoms with Crippen molar-refractivity contribution in [2.75, 3.05) is 5.32 Å². The van der Waals surface area contributed by atoms with E-state index in [1.165, 1.54) is 29.5 Å². The van der Waals surface area contributed by atoms with E-state index in [9.17, 15) is 13.2 Å². The zero-order valence-corrected chi connectivity index (χ0v) is 20.3. The van der Waals surface area contributed by atoms with Gasteiger partial charge in [-0.25, -0.2) is 0 Å². The molecule has 2 aromatic carbocycles. The second kappa shape index (κ2) is 8.23. The molecule has 0 spiro atoms. The number of aryl methyl sites for hydroxylation is 2. The SMILES string of the molecule is Cn1nc(-c2ccc(C3Nc4ccc(C(=N)N)cc4C4c5ccccc5CCC34)s2)cc1C(F)(F)F. The lowest BCUT2D eigenvalue weighted by molar-refractivity contribution is -0.143. The molecule has 4 aromatic rings. The maximum atomic E-state index is 13.3. The number of halogens is 3. The number of nitrogens with two attached hydrogens (primary N) is 1. The molecule has 2 aliphatic rings. The van der Waals surface area contributed by atoms with Crippen LogP contribution in [-0.4, -0.2) is 15.6 Å². The van der Waals surface area contributed by atoms with Crippen molar-refractivity contribution in [3.8, 4) is 10.6 Å². The number of rotatable bonds is 3. The number of benzene rings is 2. The highest BCUT2D eigenvalue weighted by atomic mass is 32.1. The lowest BCUT2D eigenvalue weighted by atomic mass is 9.66. The predicted molar refractivity (Wildman–Crippen MR) is 135 cm³/mol. The number of fused-ring (bicyclic) bond motifs is 5. The van der Waals surface area contributed by atoms with E-state index in [1.54, 1.807) is 0 Å². The Bertz CT molecular complexity index is 1480. The third-order valence-electron chi connectivity index (χ3n) is 7.36. The molecule has 0 saturated heterocycles. The van der Waals surface area contributed by atoms with Gasteiger partial charge in [0.2, 0.25) is 0 Å². The molecule has 9 heteroatoms. The maximum absolute atomic E-state index is 13.3. The summed E-state index contributed by atoms with van der Waals surface area (Å²) in [7, 11) is 1.32. The van der Waals surface area contributed by atoms with Gasteiger partial charge >= 0.3 is 6.18 Å². The summed E-state index contributed by atoms with van der Waals surface area (Å²) in [6, 6.07) is 19.3. The minimum Gasteiger partial charge on any atom is -0.384 e. The van der Waals surface area contributed by atoms with Gasteiger partial charge in [0.15, 0.2) is 0 Å². The molecule has 0 radical (unpaired) electrons. The Labute approximate surface area is 210 Å². The number of anilines is 1. The standard InChI is InChI=1S/C27H24F3N5S/c1-35-23(27(28,29)30)13-20(34-35)21-10-11-22(36-21)25-17-8-6-14-4-2-3-5-16(14)24(17)18-12-15(26(31)32)7-9-19(18)33-25/h2-5,7,9-13,17,24-25,33H,6,8H2,1H3,(H3,31,32). The second-order valence-corrected chi connectivity index (χ2v) is 10.6. The topological polar surface area (TPSA) is 79.7 Å². The van der Waals surface area contributed by atoms with Crippen LogP contribution in [0.2, 0.25) is 0 Å².